The Morgan fingerprint density at radius 2 is 0.314 bits per heavy atom. The summed E-state index contributed by atoms with van der Waals surface area (Å²) in [5.74, 6) is 84.8. The van der Waals surface area contributed by atoms with Gasteiger partial charge >= 0.3 is 0 Å². The highest BCUT2D eigenvalue weighted by Gasteiger charge is 1.81. The Morgan fingerprint density at radius 1 is 0.176 bits per heavy atom. The molecule has 0 unspecified atom stereocenters. The SMILES string of the molecule is CCCCCC#CCC#CCC#CCC#CCC#CCC#CCC#CCC#CCC#CCC#CCC#CCC#CCC#CCC#CCCCCC. The summed E-state index contributed by atoms with van der Waals surface area (Å²) in [6.07, 6.45) is 16.3. The number of rotatable bonds is 6. The lowest BCUT2D eigenvalue weighted by Crippen LogP contribution is -1.71. The fraction of sp³-hybridized carbons (Fsp3) is 0.451. The molecule has 0 saturated heterocycles. The van der Waals surface area contributed by atoms with E-state index in [1.165, 1.54) is 38.5 Å². The van der Waals surface area contributed by atoms with Crippen molar-refractivity contribution < 1.29 is 0 Å². The maximum absolute atomic E-state index is 3.15. The third-order valence-electron chi connectivity index (χ3n) is 5.86. The smallest absolute Gasteiger partial charge is 0.0703 e. The van der Waals surface area contributed by atoms with Crippen molar-refractivity contribution in [2.24, 2.45) is 0 Å². The van der Waals surface area contributed by atoms with Gasteiger partial charge in [0, 0.05) is 12.8 Å². The molecule has 0 heteroatoms. The zero-order valence-corrected chi connectivity index (χ0v) is 30.8. The minimum atomic E-state index is 0.513. The number of hydrogen-bond acceptors (Lipinski definition) is 0. The van der Waals surface area contributed by atoms with E-state index in [0.717, 1.165) is 12.8 Å². The van der Waals surface area contributed by atoms with Crippen molar-refractivity contribution in [1.29, 1.82) is 0 Å². The zero-order valence-electron chi connectivity index (χ0n) is 30.8. The molecule has 0 aromatic carbocycles. The fourth-order valence-corrected chi connectivity index (χ4v) is 3.30. The Labute approximate surface area is 313 Å². The number of unbranched alkanes of at least 4 members (excludes halogenated alkanes) is 6. The molecule has 0 aliphatic carbocycles. The van der Waals surface area contributed by atoms with Crippen molar-refractivity contribution in [3.63, 3.8) is 0 Å². The molecule has 51 heavy (non-hydrogen) atoms. The number of hydrogen-bond donors (Lipinski definition) is 0. The van der Waals surface area contributed by atoms with Gasteiger partial charge in [-0.25, -0.2) is 0 Å². The van der Waals surface area contributed by atoms with Crippen molar-refractivity contribution in [2.45, 2.75) is 149 Å². The molecule has 0 radical (unpaired) electrons. The van der Waals surface area contributed by atoms with E-state index in [1.54, 1.807) is 0 Å². The molecule has 0 N–H and O–H groups in total. The van der Waals surface area contributed by atoms with E-state index >= 15 is 0 Å². The van der Waals surface area contributed by atoms with Gasteiger partial charge in [0.05, 0.1) is 83.5 Å². The van der Waals surface area contributed by atoms with Crippen molar-refractivity contribution >= 4 is 0 Å². The molecule has 0 bridgehead atoms. The van der Waals surface area contributed by atoms with Crippen LogP contribution in [0.25, 0.3) is 0 Å². The van der Waals surface area contributed by atoms with Crippen LogP contribution in [0.5, 0.6) is 0 Å². The molecule has 0 aliphatic heterocycles. The maximum atomic E-state index is 3.15. The van der Waals surface area contributed by atoms with E-state index in [0.29, 0.717) is 83.5 Å². The van der Waals surface area contributed by atoms with Crippen LogP contribution in [0, 0.1) is 166 Å². The summed E-state index contributed by atoms with van der Waals surface area (Å²) < 4.78 is 0. The van der Waals surface area contributed by atoms with Crippen LogP contribution in [0.4, 0.5) is 0 Å². The molecule has 0 spiro atoms. The minimum absolute atomic E-state index is 0.513. The molecule has 0 aromatic rings. The molecule has 0 saturated carbocycles. The molecule has 0 heterocycles. The zero-order chi connectivity index (χ0) is 36.6. The van der Waals surface area contributed by atoms with E-state index in [2.05, 4.69) is 180 Å². The standard InChI is InChI=1S/C51H48/c1-3-5-7-9-11-13-15-17-19-21-23-25-27-29-31-33-35-37-39-41-43-45-47-49-51-50-48-46-44-42-40-38-36-34-32-30-28-26-24-22-20-18-16-14-12-10-8-6-4-2/h3-10,15-16,21-22,27-28,33-34,39-40,45-46,51H2,1-2H3. The van der Waals surface area contributed by atoms with Gasteiger partial charge in [0.2, 0.25) is 0 Å². The third-order valence-corrected chi connectivity index (χ3v) is 5.86. The molecule has 0 aromatic heterocycles. The van der Waals surface area contributed by atoms with Gasteiger partial charge in [-0.05, 0) is 12.8 Å². The molecule has 0 aliphatic rings. The van der Waals surface area contributed by atoms with Crippen molar-refractivity contribution in [1.82, 2.24) is 0 Å². The lowest BCUT2D eigenvalue weighted by Gasteiger charge is -1.87. The molecule has 0 amide bonds. The summed E-state index contributed by atoms with van der Waals surface area (Å²) in [6.45, 7) is 4.39. The molecular formula is C51H48. The van der Waals surface area contributed by atoms with E-state index in [4.69, 9.17) is 0 Å². The first kappa shape index (κ1) is 44.8. The van der Waals surface area contributed by atoms with Crippen molar-refractivity contribution in [2.75, 3.05) is 0 Å². The van der Waals surface area contributed by atoms with Gasteiger partial charge in [0.15, 0.2) is 0 Å². The van der Waals surface area contributed by atoms with Crippen LogP contribution in [-0.2, 0) is 0 Å². The third kappa shape index (κ3) is 43.8. The van der Waals surface area contributed by atoms with Gasteiger partial charge in [-0.1, -0.05) is 193 Å². The predicted molar refractivity (Wildman–Crippen MR) is 217 cm³/mol. The van der Waals surface area contributed by atoms with E-state index in [-0.39, 0.29) is 0 Å². The van der Waals surface area contributed by atoms with Crippen LogP contribution in [-0.4, -0.2) is 0 Å². The molecule has 0 fully saturated rings. The second-order valence-corrected chi connectivity index (χ2v) is 10.2. The van der Waals surface area contributed by atoms with Crippen LogP contribution >= 0.6 is 0 Å². The molecule has 252 valence electrons. The van der Waals surface area contributed by atoms with Gasteiger partial charge in [-0.2, -0.15) is 0 Å². The summed E-state index contributed by atoms with van der Waals surface area (Å²) in [4.78, 5) is 0. The molecule has 0 atom stereocenters. The van der Waals surface area contributed by atoms with Crippen molar-refractivity contribution in [3.05, 3.63) is 0 Å². The Balaban J connectivity index is 3.88. The Kier molecular flexibility index (Phi) is 38.5. The summed E-state index contributed by atoms with van der Waals surface area (Å²) in [6, 6.07) is 0. The summed E-state index contributed by atoms with van der Waals surface area (Å²) in [5, 5.41) is 0. The quantitative estimate of drug-likeness (QED) is 0.197. The van der Waals surface area contributed by atoms with E-state index in [1.807, 2.05) is 0 Å². The first-order valence-corrected chi connectivity index (χ1v) is 17.8. The summed E-state index contributed by atoms with van der Waals surface area (Å²) >= 11 is 0. The predicted octanol–water partition coefficient (Wildman–Crippen LogP) is 9.27. The first-order valence-electron chi connectivity index (χ1n) is 17.8. The second kappa shape index (κ2) is 43.8. The van der Waals surface area contributed by atoms with Crippen LogP contribution in [0.3, 0.4) is 0 Å². The largest absolute Gasteiger partial charge is 0.102 e. The normalized spacial score (nSPS) is 7.25. The van der Waals surface area contributed by atoms with Gasteiger partial charge in [-0.15, -0.1) is 11.8 Å². The van der Waals surface area contributed by atoms with E-state index in [9.17, 15) is 0 Å². The molecule has 0 rings (SSSR count). The van der Waals surface area contributed by atoms with Gasteiger partial charge < -0.3 is 0 Å². The Hall–Kier alpha value is -6.16. The van der Waals surface area contributed by atoms with Gasteiger partial charge in [-0.3, -0.25) is 0 Å². The summed E-state index contributed by atoms with van der Waals surface area (Å²) in [5.41, 5.74) is 0. The summed E-state index contributed by atoms with van der Waals surface area (Å²) in [7, 11) is 0. The van der Waals surface area contributed by atoms with Crippen molar-refractivity contribution in [3.8, 4) is 166 Å². The highest BCUT2D eigenvalue weighted by atomic mass is 13.9. The average molecular weight is 661 g/mol. The second-order valence-electron chi connectivity index (χ2n) is 10.2. The van der Waals surface area contributed by atoms with Crippen LogP contribution < -0.4 is 0 Å². The van der Waals surface area contributed by atoms with Gasteiger partial charge in [0.25, 0.3) is 0 Å². The van der Waals surface area contributed by atoms with Crippen LogP contribution in [0.1, 0.15) is 149 Å². The lowest BCUT2D eigenvalue weighted by atomic mass is 10.2. The highest BCUT2D eigenvalue weighted by molar-refractivity contribution is 5.24. The van der Waals surface area contributed by atoms with Crippen LogP contribution in [0.2, 0.25) is 0 Å². The first-order chi connectivity index (χ1) is 25.4. The average Bonchev–Trinajstić information content (AvgIpc) is 3.14. The van der Waals surface area contributed by atoms with E-state index < -0.39 is 0 Å². The highest BCUT2D eigenvalue weighted by Crippen LogP contribution is 1.97. The Bertz CT molecular complexity index is 1770. The maximum Gasteiger partial charge on any atom is 0.0703 e. The topological polar surface area (TPSA) is 0 Å². The monoisotopic (exact) mass is 660 g/mol. The molecule has 0 nitrogen and oxygen atoms in total. The minimum Gasteiger partial charge on any atom is -0.102 e. The van der Waals surface area contributed by atoms with Crippen LogP contribution in [0.15, 0.2) is 0 Å². The van der Waals surface area contributed by atoms with Gasteiger partial charge in [0.1, 0.15) is 0 Å². The Morgan fingerprint density at radius 3 is 0.451 bits per heavy atom. The fourth-order valence-electron chi connectivity index (χ4n) is 3.30. The lowest BCUT2D eigenvalue weighted by molar-refractivity contribution is 0.737. The molecular weight excluding hydrogens is 613 g/mol.